The number of hydrogen-bond donors (Lipinski definition) is 1. The van der Waals surface area contributed by atoms with Crippen LogP contribution in [-0.4, -0.2) is 29.3 Å². The van der Waals surface area contributed by atoms with Crippen LogP contribution in [0.1, 0.15) is 18.5 Å². The molecule has 0 unspecified atom stereocenters. The van der Waals surface area contributed by atoms with Crippen LogP contribution in [0.25, 0.3) is 0 Å². The number of piperidine rings is 1. The molecule has 2 heterocycles. The number of aryl methyl sites for hydroxylation is 1. The normalized spacial score (nSPS) is 18.6. The molecule has 1 fully saturated rings. The Morgan fingerprint density at radius 1 is 1.29 bits per heavy atom. The molecule has 1 aliphatic rings. The summed E-state index contributed by atoms with van der Waals surface area (Å²) in [5.74, 6) is 0.975. The Labute approximate surface area is 84.1 Å². The Hall–Kier alpha value is -1.16. The number of rotatable bonds is 1. The molecule has 1 aromatic rings. The summed E-state index contributed by atoms with van der Waals surface area (Å²) in [6.45, 7) is 3.95. The van der Waals surface area contributed by atoms with E-state index < -0.39 is 0 Å². The van der Waals surface area contributed by atoms with Crippen molar-refractivity contribution in [3.05, 3.63) is 17.8 Å². The number of hydrogen-bond acceptors (Lipinski definition) is 4. The third kappa shape index (κ3) is 2.01. The molecule has 1 aliphatic heterocycles. The lowest BCUT2D eigenvalue weighted by Gasteiger charge is -2.30. The largest absolute Gasteiger partial charge is 0.355 e. The van der Waals surface area contributed by atoms with Gasteiger partial charge in [0.2, 0.25) is 0 Å². The van der Waals surface area contributed by atoms with Gasteiger partial charge in [-0.1, -0.05) is 0 Å². The molecule has 0 spiro atoms. The summed E-state index contributed by atoms with van der Waals surface area (Å²) in [5.41, 5.74) is 6.80. The summed E-state index contributed by atoms with van der Waals surface area (Å²) in [6, 6.07) is 4.39. The molecule has 0 aromatic carbocycles. The third-order valence-corrected chi connectivity index (χ3v) is 2.65. The van der Waals surface area contributed by atoms with Crippen molar-refractivity contribution in [1.82, 2.24) is 10.2 Å². The van der Waals surface area contributed by atoms with Gasteiger partial charge in [-0.05, 0) is 31.9 Å². The molecule has 4 heteroatoms. The highest BCUT2D eigenvalue weighted by molar-refractivity contribution is 5.37. The van der Waals surface area contributed by atoms with E-state index >= 15 is 0 Å². The lowest BCUT2D eigenvalue weighted by atomic mass is 10.1. The van der Waals surface area contributed by atoms with Gasteiger partial charge in [-0.25, -0.2) is 0 Å². The van der Waals surface area contributed by atoms with Crippen molar-refractivity contribution in [1.29, 1.82) is 0 Å². The minimum Gasteiger partial charge on any atom is -0.355 e. The molecule has 1 saturated heterocycles. The van der Waals surface area contributed by atoms with Gasteiger partial charge in [-0.3, -0.25) is 0 Å². The van der Waals surface area contributed by atoms with Crippen LogP contribution >= 0.6 is 0 Å². The number of nitrogens with zero attached hydrogens (tertiary/aromatic N) is 3. The van der Waals surface area contributed by atoms with Crippen molar-refractivity contribution in [2.45, 2.75) is 25.8 Å². The van der Waals surface area contributed by atoms with Crippen LogP contribution in [0, 0.1) is 6.92 Å². The van der Waals surface area contributed by atoms with Crippen molar-refractivity contribution in [3.63, 3.8) is 0 Å². The summed E-state index contributed by atoms with van der Waals surface area (Å²) < 4.78 is 0. The Morgan fingerprint density at radius 3 is 2.57 bits per heavy atom. The molecule has 4 nitrogen and oxygen atoms in total. The van der Waals surface area contributed by atoms with E-state index in [1.54, 1.807) is 0 Å². The molecule has 0 aliphatic carbocycles. The summed E-state index contributed by atoms with van der Waals surface area (Å²) in [5, 5.41) is 8.21. The van der Waals surface area contributed by atoms with Gasteiger partial charge in [0.15, 0.2) is 5.82 Å². The average molecular weight is 192 g/mol. The Kier molecular flexibility index (Phi) is 2.63. The van der Waals surface area contributed by atoms with Crippen LogP contribution in [0.4, 0.5) is 5.82 Å². The predicted octanol–water partition coefficient (Wildman–Crippen LogP) is 0.713. The molecule has 2 rings (SSSR count). The van der Waals surface area contributed by atoms with Crippen LogP contribution in [0.5, 0.6) is 0 Å². The first-order chi connectivity index (χ1) is 6.75. The van der Waals surface area contributed by atoms with Crippen LogP contribution in [0.3, 0.4) is 0 Å². The van der Waals surface area contributed by atoms with Gasteiger partial charge in [-0.15, -0.1) is 5.10 Å². The SMILES string of the molecule is Cc1ccc(N2CCC(N)CC2)nn1. The number of aromatic nitrogens is 2. The van der Waals surface area contributed by atoms with E-state index in [9.17, 15) is 0 Å². The Morgan fingerprint density at radius 2 is 2.00 bits per heavy atom. The van der Waals surface area contributed by atoms with Crippen molar-refractivity contribution in [2.75, 3.05) is 18.0 Å². The standard InChI is InChI=1S/C10H16N4/c1-8-2-3-10(13-12-8)14-6-4-9(11)5-7-14/h2-3,9H,4-7,11H2,1H3. The molecule has 14 heavy (non-hydrogen) atoms. The van der Waals surface area contributed by atoms with Crippen LogP contribution in [-0.2, 0) is 0 Å². The first kappa shape index (κ1) is 9.40. The van der Waals surface area contributed by atoms with Crippen molar-refractivity contribution in [2.24, 2.45) is 5.73 Å². The second-order valence-electron chi connectivity index (χ2n) is 3.86. The molecular formula is C10H16N4. The lowest BCUT2D eigenvalue weighted by Crippen LogP contribution is -2.40. The summed E-state index contributed by atoms with van der Waals surface area (Å²) in [6.07, 6.45) is 2.10. The van der Waals surface area contributed by atoms with E-state index in [0.29, 0.717) is 6.04 Å². The minimum atomic E-state index is 0.365. The highest BCUT2D eigenvalue weighted by Crippen LogP contribution is 2.15. The average Bonchev–Trinajstić information content (AvgIpc) is 2.21. The summed E-state index contributed by atoms with van der Waals surface area (Å²) in [7, 11) is 0. The highest BCUT2D eigenvalue weighted by atomic mass is 15.3. The fourth-order valence-corrected chi connectivity index (χ4v) is 1.69. The fraction of sp³-hybridized carbons (Fsp3) is 0.600. The molecule has 0 amide bonds. The van der Waals surface area contributed by atoms with Gasteiger partial charge in [0, 0.05) is 19.1 Å². The Balaban J connectivity index is 2.05. The quantitative estimate of drug-likeness (QED) is 0.712. The molecule has 0 radical (unpaired) electrons. The second kappa shape index (κ2) is 3.92. The summed E-state index contributed by atoms with van der Waals surface area (Å²) in [4.78, 5) is 2.25. The molecule has 2 N–H and O–H groups in total. The first-order valence-corrected chi connectivity index (χ1v) is 5.06. The number of nitrogens with two attached hydrogens (primary N) is 1. The molecule has 0 saturated carbocycles. The lowest BCUT2D eigenvalue weighted by molar-refractivity contribution is 0.497. The van der Waals surface area contributed by atoms with E-state index in [1.165, 1.54) is 0 Å². The van der Waals surface area contributed by atoms with E-state index in [4.69, 9.17) is 5.73 Å². The molecule has 76 valence electrons. The highest BCUT2D eigenvalue weighted by Gasteiger charge is 2.16. The van der Waals surface area contributed by atoms with Gasteiger partial charge in [0.25, 0.3) is 0 Å². The minimum absolute atomic E-state index is 0.365. The zero-order valence-electron chi connectivity index (χ0n) is 8.48. The van der Waals surface area contributed by atoms with E-state index in [2.05, 4.69) is 15.1 Å². The fourth-order valence-electron chi connectivity index (χ4n) is 1.69. The van der Waals surface area contributed by atoms with Gasteiger partial charge in [-0.2, -0.15) is 5.10 Å². The van der Waals surface area contributed by atoms with E-state index in [0.717, 1.165) is 37.4 Å². The third-order valence-electron chi connectivity index (χ3n) is 2.65. The van der Waals surface area contributed by atoms with Crippen molar-refractivity contribution >= 4 is 5.82 Å². The number of anilines is 1. The van der Waals surface area contributed by atoms with Crippen LogP contribution < -0.4 is 10.6 Å². The van der Waals surface area contributed by atoms with E-state index in [1.807, 2.05) is 19.1 Å². The summed E-state index contributed by atoms with van der Waals surface area (Å²) >= 11 is 0. The smallest absolute Gasteiger partial charge is 0.151 e. The van der Waals surface area contributed by atoms with Gasteiger partial charge in [0.05, 0.1) is 5.69 Å². The maximum Gasteiger partial charge on any atom is 0.151 e. The molecule has 1 aromatic heterocycles. The van der Waals surface area contributed by atoms with Crippen LogP contribution in [0.2, 0.25) is 0 Å². The molecule has 0 atom stereocenters. The predicted molar refractivity (Wildman–Crippen MR) is 56.2 cm³/mol. The second-order valence-corrected chi connectivity index (χ2v) is 3.86. The molecule has 0 bridgehead atoms. The van der Waals surface area contributed by atoms with Crippen molar-refractivity contribution in [3.8, 4) is 0 Å². The van der Waals surface area contributed by atoms with E-state index in [-0.39, 0.29) is 0 Å². The van der Waals surface area contributed by atoms with Gasteiger partial charge >= 0.3 is 0 Å². The Bertz CT molecular complexity index is 287. The maximum absolute atomic E-state index is 5.84. The van der Waals surface area contributed by atoms with Crippen molar-refractivity contribution < 1.29 is 0 Å². The first-order valence-electron chi connectivity index (χ1n) is 5.06. The zero-order valence-corrected chi connectivity index (χ0v) is 8.48. The maximum atomic E-state index is 5.84. The monoisotopic (exact) mass is 192 g/mol. The van der Waals surface area contributed by atoms with Gasteiger partial charge in [0.1, 0.15) is 0 Å². The topological polar surface area (TPSA) is 55.0 Å². The molecular weight excluding hydrogens is 176 g/mol. The van der Waals surface area contributed by atoms with Gasteiger partial charge < -0.3 is 10.6 Å². The van der Waals surface area contributed by atoms with Crippen LogP contribution in [0.15, 0.2) is 12.1 Å². The zero-order chi connectivity index (χ0) is 9.97.